The summed E-state index contributed by atoms with van der Waals surface area (Å²) in [6.07, 6.45) is 4.40. The number of thiazole rings is 1. The molecule has 2 heterocycles. The maximum absolute atomic E-state index is 12.9. The van der Waals surface area contributed by atoms with Gasteiger partial charge in [0.25, 0.3) is 0 Å². The summed E-state index contributed by atoms with van der Waals surface area (Å²) in [4.78, 5) is 15.7. The van der Waals surface area contributed by atoms with Crippen LogP contribution in [0.1, 0.15) is 78.5 Å². The van der Waals surface area contributed by atoms with Gasteiger partial charge in [-0.25, -0.2) is 9.78 Å². The number of benzene rings is 1. The van der Waals surface area contributed by atoms with Crippen LogP contribution in [0.2, 0.25) is 0 Å². The highest BCUT2D eigenvalue weighted by Gasteiger charge is 2.30. The topological polar surface area (TPSA) is 88.0 Å². The van der Waals surface area contributed by atoms with E-state index in [1.54, 1.807) is 13.0 Å². The highest BCUT2D eigenvalue weighted by atomic mass is 32.1. The van der Waals surface area contributed by atoms with Gasteiger partial charge in [0.15, 0.2) is 10.0 Å². The minimum Gasteiger partial charge on any atom is -0.477 e. The maximum Gasteiger partial charge on any atom is 0.416 e. The molecule has 2 N–H and O–H groups in total. The lowest BCUT2D eigenvalue weighted by atomic mass is 10.1. The standard InChI is InChI=1S/C20H27F3N2S.C4H4N2O2S/c1-3-4-5-6-7-8-9-13-24-19-25-15(2)18(26-19)16-11-10-12-17(14-16)20(21,22)23;1-2-3(4(7)8)9-6-5-2/h10-12,14H,3-9,13H2,1-2H3,(H,24,25);1H3,(H,7,8). The van der Waals surface area contributed by atoms with E-state index in [1.165, 1.54) is 62.0 Å². The molecule has 3 aromatic rings. The van der Waals surface area contributed by atoms with E-state index in [0.717, 1.165) is 46.3 Å². The van der Waals surface area contributed by atoms with Crippen molar-refractivity contribution in [3.63, 3.8) is 0 Å². The van der Waals surface area contributed by atoms with Crippen LogP contribution in [0.5, 0.6) is 0 Å². The van der Waals surface area contributed by atoms with Gasteiger partial charge in [-0.2, -0.15) is 13.2 Å². The van der Waals surface area contributed by atoms with Gasteiger partial charge < -0.3 is 10.4 Å². The van der Waals surface area contributed by atoms with E-state index in [1.807, 2.05) is 6.92 Å². The monoisotopic (exact) mass is 528 g/mol. The van der Waals surface area contributed by atoms with Crippen molar-refractivity contribution in [2.75, 3.05) is 11.9 Å². The quantitative estimate of drug-likeness (QED) is 0.246. The normalized spacial score (nSPS) is 11.1. The molecular formula is C24H31F3N4O2S2. The average molecular weight is 529 g/mol. The van der Waals surface area contributed by atoms with Crippen LogP contribution in [-0.4, -0.2) is 32.2 Å². The molecule has 2 aromatic heterocycles. The number of nitrogens with one attached hydrogen (secondary N) is 1. The average Bonchev–Trinajstić information content (AvgIpc) is 3.41. The van der Waals surface area contributed by atoms with Crippen molar-refractivity contribution in [3.8, 4) is 10.4 Å². The van der Waals surface area contributed by atoms with Crippen LogP contribution in [0, 0.1) is 13.8 Å². The third-order valence-corrected chi connectivity index (χ3v) is 7.13. The molecule has 0 amide bonds. The summed E-state index contributed by atoms with van der Waals surface area (Å²) >= 11 is 2.31. The molecule has 0 spiro atoms. The van der Waals surface area contributed by atoms with Crippen LogP contribution in [-0.2, 0) is 6.18 Å². The minimum absolute atomic E-state index is 0.218. The third kappa shape index (κ3) is 9.56. The molecule has 0 bridgehead atoms. The fraction of sp³-hybridized carbons (Fsp3) is 0.500. The number of hydrogen-bond donors (Lipinski definition) is 2. The molecule has 6 nitrogen and oxygen atoms in total. The van der Waals surface area contributed by atoms with Crippen molar-refractivity contribution in [3.05, 3.63) is 46.1 Å². The van der Waals surface area contributed by atoms with Crippen molar-refractivity contribution in [2.24, 2.45) is 0 Å². The number of hydrogen-bond acceptors (Lipinski definition) is 7. The second kappa shape index (κ2) is 14.1. The first-order valence-electron chi connectivity index (χ1n) is 11.5. The van der Waals surface area contributed by atoms with Crippen LogP contribution >= 0.6 is 22.9 Å². The fourth-order valence-corrected chi connectivity index (χ4v) is 4.77. The number of rotatable bonds is 11. The number of aromatic nitrogens is 3. The zero-order valence-corrected chi connectivity index (χ0v) is 21.7. The van der Waals surface area contributed by atoms with Crippen molar-refractivity contribution in [1.29, 1.82) is 0 Å². The van der Waals surface area contributed by atoms with E-state index in [-0.39, 0.29) is 4.88 Å². The van der Waals surface area contributed by atoms with E-state index in [4.69, 9.17) is 5.11 Å². The van der Waals surface area contributed by atoms with E-state index >= 15 is 0 Å². The summed E-state index contributed by atoms with van der Waals surface area (Å²) in [7, 11) is 0. The number of aromatic carboxylic acids is 1. The van der Waals surface area contributed by atoms with E-state index in [9.17, 15) is 18.0 Å². The Morgan fingerprint density at radius 3 is 2.31 bits per heavy atom. The Morgan fingerprint density at radius 2 is 1.74 bits per heavy atom. The van der Waals surface area contributed by atoms with Crippen LogP contribution in [0.3, 0.4) is 0 Å². The summed E-state index contributed by atoms with van der Waals surface area (Å²) in [6.45, 7) is 6.52. The highest BCUT2D eigenvalue weighted by molar-refractivity contribution is 7.19. The summed E-state index contributed by atoms with van der Waals surface area (Å²) in [5.41, 5.74) is 1.18. The first-order chi connectivity index (χ1) is 16.6. The third-order valence-electron chi connectivity index (χ3n) is 5.15. The Labute approximate surface area is 211 Å². The lowest BCUT2D eigenvalue weighted by Crippen LogP contribution is -2.04. The molecule has 0 saturated heterocycles. The molecule has 192 valence electrons. The van der Waals surface area contributed by atoms with Gasteiger partial charge in [0.2, 0.25) is 0 Å². The molecule has 0 aliphatic carbocycles. The molecule has 35 heavy (non-hydrogen) atoms. The number of carboxylic acid groups (broad SMARTS) is 1. The van der Waals surface area contributed by atoms with Gasteiger partial charge in [0.1, 0.15) is 0 Å². The molecule has 0 aliphatic heterocycles. The van der Waals surface area contributed by atoms with Crippen molar-refractivity contribution in [2.45, 2.75) is 71.9 Å². The fourth-order valence-electron chi connectivity index (χ4n) is 3.28. The first kappa shape index (κ1) is 28.7. The zero-order chi connectivity index (χ0) is 25.8. The summed E-state index contributed by atoms with van der Waals surface area (Å²) in [5, 5.41) is 16.0. The molecule has 0 aliphatic rings. The summed E-state index contributed by atoms with van der Waals surface area (Å²) < 4.78 is 42.2. The predicted octanol–water partition coefficient (Wildman–Crippen LogP) is 7.84. The minimum atomic E-state index is -4.33. The lowest BCUT2D eigenvalue weighted by Gasteiger charge is -2.07. The van der Waals surface area contributed by atoms with Crippen LogP contribution < -0.4 is 5.32 Å². The zero-order valence-electron chi connectivity index (χ0n) is 20.1. The summed E-state index contributed by atoms with van der Waals surface area (Å²) in [6, 6.07) is 5.44. The number of alkyl halides is 3. The van der Waals surface area contributed by atoms with Gasteiger partial charge in [0, 0.05) is 6.54 Å². The van der Waals surface area contributed by atoms with Gasteiger partial charge in [-0.15, -0.1) is 5.10 Å². The van der Waals surface area contributed by atoms with Crippen LogP contribution in [0.15, 0.2) is 24.3 Å². The molecular weight excluding hydrogens is 497 g/mol. The smallest absolute Gasteiger partial charge is 0.416 e. The largest absolute Gasteiger partial charge is 0.477 e. The lowest BCUT2D eigenvalue weighted by molar-refractivity contribution is -0.137. The van der Waals surface area contributed by atoms with Gasteiger partial charge in [-0.1, -0.05) is 73.4 Å². The van der Waals surface area contributed by atoms with Crippen molar-refractivity contribution in [1.82, 2.24) is 14.6 Å². The Kier molecular flexibility index (Phi) is 11.6. The number of anilines is 1. The van der Waals surface area contributed by atoms with Gasteiger partial charge in [-0.3, -0.25) is 0 Å². The molecule has 0 atom stereocenters. The number of unbranched alkanes of at least 4 members (excludes halogenated alkanes) is 6. The van der Waals surface area contributed by atoms with E-state index in [0.29, 0.717) is 11.3 Å². The van der Waals surface area contributed by atoms with Gasteiger partial charge >= 0.3 is 12.1 Å². The number of halogens is 3. The van der Waals surface area contributed by atoms with Crippen molar-refractivity contribution >= 4 is 34.0 Å². The number of carbonyl (C=O) groups is 1. The summed E-state index contributed by atoms with van der Waals surface area (Å²) in [5.74, 6) is -0.956. The molecule has 11 heteroatoms. The number of nitrogens with zero attached hydrogens (tertiary/aromatic N) is 3. The SMILES string of the molecule is CCCCCCCCCNc1nc(C)c(-c2cccc(C(F)(F)F)c2)s1.Cc1nnsc1C(=O)O. The highest BCUT2D eigenvalue weighted by Crippen LogP contribution is 2.36. The van der Waals surface area contributed by atoms with Crippen LogP contribution in [0.25, 0.3) is 10.4 Å². The maximum atomic E-state index is 12.9. The Hall–Kier alpha value is -2.53. The second-order valence-corrected chi connectivity index (χ2v) is 9.81. The van der Waals surface area contributed by atoms with Gasteiger partial charge in [0.05, 0.1) is 21.8 Å². The molecule has 0 fully saturated rings. The Balaban J connectivity index is 0.000000402. The molecule has 0 unspecified atom stereocenters. The second-order valence-electron chi connectivity index (χ2n) is 8.05. The van der Waals surface area contributed by atoms with Crippen LogP contribution in [0.4, 0.5) is 18.3 Å². The molecule has 1 aromatic carbocycles. The molecule has 3 rings (SSSR count). The van der Waals surface area contributed by atoms with Crippen molar-refractivity contribution < 1.29 is 23.1 Å². The molecule has 0 radical (unpaired) electrons. The number of aryl methyl sites for hydroxylation is 2. The van der Waals surface area contributed by atoms with E-state index < -0.39 is 17.7 Å². The first-order valence-corrected chi connectivity index (χ1v) is 13.1. The number of carboxylic acids is 1. The van der Waals surface area contributed by atoms with Gasteiger partial charge in [-0.05, 0) is 49.5 Å². The Morgan fingerprint density at radius 1 is 1.06 bits per heavy atom. The molecule has 0 saturated carbocycles. The van der Waals surface area contributed by atoms with E-state index in [2.05, 4.69) is 26.8 Å². The predicted molar refractivity (Wildman–Crippen MR) is 135 cm³/mol. The Bertz CT molecular complexity index is 1070.